The standard InChI is InChI=1S/C14H19ClN4O/c1-4-17-13-7-11(6-12(15)18-13)14(20)19(5-2)9-10(3)8-16/h6-7,10H,4-5,9H2,1-3H3,(H,17,18). The first-order valence-electron chi connectivity index (χ1n) is 6.62. The van der Waals surface area contributed by atoms with Crippen molar-refractivity contribution >= 4 is 23.3 Å². The fourth-order valence-corrected chi connectivity index (χ4v) is 2.01. The van der Waals surface area contributed by atoms with Gasteiger partial charge < -0.3 is 10.2 Å². The van der Waals surface area contributed by atoms with Crippen LogP contribution >= 0.6 is 11.6 Å². The van der Waals surface area contributed by atoms with Crippen LogP contribution in [-0.4, -0.2) is 35.4 Å². The molecule has 0 bridgehead atoms. The van der Waals surface area contributed by atoms with E-state index >= 15 is 0 Å². The average Bonchev–Trinajstić information content (AvgIpc) is 2.43. The van der Waals surface area contributed by atoms with Crippen LogP contribution in [0.1, 0.15) is 31.1 Å². The fourth-order valence-electron chi connectivity index (χ4n) is 1.80. The van der Waals surface area contributed by atoms with E-state index in [4.69, 9.17) is 16.9 Å². The van der Waals surface area contributed by atoms with Crippen LogP contribution < -0.4 is 5.32 Å². The minimum Gasteiger partial charge on any atom is -0.370 e. The molecule has 0 fully saturated rings. The minimum atomic E-state index is -0.204. The normalized spacial score (nSPS) is 11.6. The summed E-state index contributed by atoms with van der Waals surface area (Å²) in [5.41, 5.74) is 0.480. The van der Waals surface area contributed by atoms with Gasteiger partial charge in [0, 0.05) is 25.2 Å². The number of nitrogens with one attached hydrogen (secondary N) is 1. The highest BCUT2D eigenvalue weighted by molar-refractivity contribution is 6.29. The molecule has 0 aliphatic rings. The first-order valence-corrected chi connectivity index (χ1v) is 6.99. The maximum absolute atomic E-state index is 12.4. The highest BCUT2D eigenvalue weighted by atomic mass is 35.5. The Balaban J connectivity index is 2.97. The summed E-state index contributed by atoms with van der Waals surface area (Å²) in [5.74, 6) is 0.232. The zero-order chi connectivity index (χ0) is 15.1. The van der Waals surface area contributed by atoms with Crippen LogP contribution in [0.4, 0.5) is 5.82 Å². The van der Waals surface area contributed by atoms with Crippen LogP contribution in [-0.2, 0) is 0 Å². The van der Waals surface area contributed by atoms with Crippen molar-refractivity contribution in [3.05, 3.63) is 22.8 Å². The zero-order valence-electron chi connectivity index (χ0n) is 12.0. The van der Waals surface area contributed by atoms with E-state index in [2.05, 4.69) is 16.4 Å². The summed E-state index contributed by atoms with van der Waals surface area (Å²) >= 11 is 5.94. The Morgan fingerprint density at radius 2 is 2.25 bits per heavy atom. The maximum atomic E-state index is 12.4. The van der Waals surface area contributed by atoms with Gasteiger partial charge in [0.2, 0.25) is 0 Å². The molecule has 0 aliphatic carbocycles. The molecule has 1 unspecified atom stereocenters. The van der Waals surface area contributed by atoms with Crippen molar-refractivity contribution in [2.24, 2.45) is 5.92 Å². The molecule has 1 amide bonds. The lowest BCUT2D eigenvalue weighted by Crippen LogP contribution is -2.34. The van der Waals surface area contributed by atoms with Gasteiger partial charge in [0.1, 0.15) is 11.0 Å². The molecule has 1 aromatic rings. The molecule has 0 radical (unpaired) electrons. The summed E-state index contributed by atoms with van der Waals surface area (Å²) in [4.78, 5) is 18.2. The number of amides is 1. The lowest BCUT2D eigenvalue weighted by atomic mass is 10.1. The van der Waals surface area contributed by atoms with Crippen molar-refractivity contribution in [2.45, 2.75) is 20.8 Å². The number of halogens is 1. The summed E-state index contributed by atoms with van der Waals surface area (Å²) in [6.07, 6.45) is 0. The fraction of sp³-hybridized carbons (Fsp3) is 0.500. The van der Waals surface area contributed by atoms with E-state index < -0.39 is 0 Å². The molecule has 1 N–H and O–H groups in total. The van der Waals surface area contributed by atoms with Crippen LogP contribution in [0.5, 0.6) is 0 Å². The molecule has 1 aromatic heterocycles. The third-order valence-corrected chi connectivity index (χ3v) is 2.98. The number of aromatic nitrogens is 1. The lowest BCUT2D eigenvalue weighted by Gasteiger charge is -2.22. The number of rotatable bonds is 6. The topological polar surface area (TPSA) is 69.0 Å². The number of hydrogen-bond acceptors (Lipinski definition) is 4. The molecule has 5 nitrogen and oxygen atoms in total. The number of nitriles is 1. The Bertz CT molecular complexity index is 512. The first kappa shape index (κ1) is 16.3. The molecule has 0 saturated heterocycles. The molecule has 0 aromatic carbocycles. The van der Waals surface area contributed by atoms with Gasteiger partial charge in [0.25, 0.3) is 5.91 Å². The van der Waals surface area contributed by atoms with E-state index in [9.17, 15) is 4.79 Å². The van der Waals surface area contributed by atoms with Crippen LogP contribution in [0.2, 0.25) is 5.15 Å². The Labute approximate surface area is 124 Å². The Hall–Kier alpha value is -1.80. The molecular weight excluding hydrogens is 276 g/mol. The SMILES string of the molecule is CCNc1cc(C(=O)N(CC)CC(C)C#N)cc(Cl)n1. The smallest absolute Gasteiger partial charge is 0.254 e. The molecule has 108 valence electrons. The van der Waals surface area contributed by atoms with Gasteiger partial charge in [-0.05, 0) is 32.9 Å². The van der Waals surface area contributed by atoms with Gasteiger partial charge in [-0.2, -0.15) is 5.26 Å². The Kier molecular flexibility index (Phi) is 6.26. The number of anilines is 1. The molecule has 0 spiro atoms. The van der Waals surface area contributed by atoms with Gasteiger partial charge in [0.05, 0.1) is 12.0 Å². The van der Waals surface area contributed by atoms with Gasteiger partial charge in [-0.1, -0.05) is 11.6 Å². The minimum absolute atomic E-state index is 0.141. The third kappa shape index (κ3) is 4.39. The zero-order valence-corrected chi connectivity index (χ0v) is 12.7. The van der Waals surface area contributed by atoms with Gasteiger partial charge >= 0.3 is 0 Å². The highest BCUT2D eigenvalue weighted by Gasteiger charge is 2.18. The molecule has 1 heterocycles. The predicted molar refractivity (Wildman–Crippen MR) is 79.8 cm³/mol. The second-order valence-corrected chi connectivity index (χ2v) is 4.86. The Morgan fingerprint density at radius 1 is 1.55 bits per heavy atom. The summed E-state index contributed by atoms with van der Waals surface area (Å²) < 4.78 is 0. The van der Waals surface area contributed by atoms with E-state index in [1.54, 1.807) is 24.0 Å². The van der Waals surface area contributed by atoms with Crippen molar-refractivity contribution in [3.8, 4) is 6.07 Å². The molecule has 1 rings (SSSR count). The number of pyridine rings is 1. The van der Waals surface area contributed by atoms with Crippen molar-refractivity contribution in [1.82, 2.24) is 9.88 Å². The summed E-state index contributed by atoms with van der Waals surface area (Å²) in [6, 6.07) is 5.36. The molecule has 6 heteroatoms. The molecule has 0 saturated carbocycles. The van der Waals surface area contributed by atoms with E-state index in [0.717, 1.165) is 0 Å². The quantitative estimate of drug-likeness (QED) is 0.819. The van der Waals surface area contributed by atoms with Gasteiger partial charge in [-0.3, -0.25) is 4.79 Å². The van der Waals surface area contributed by atoms with Crippen LogP contribution in [0.3, 0.4) is 0 Å². The van der Waals surface area contributed by atoms with Crippen molar-refractivity contribution in [3.63, 3.8) is 0 Å². The van der Waals surface area contributed by atoms with Gasteiger partial charge in [-0.25, -0.2) is 4.98 Å². The molecule has 20 heavy (non-hydrogen) atoms. The van der Waals surface area contributed by atoms with Crippen LogP contribution in [0.15, 0.2) is 12.1 Å². The third-order valence-electron chi connectivity index (χ3n) is 2.78. The van der Waals surface area contributed by atoms with E-state index in [1.807, 2.05) is 13.8 Å². The predicted octanol–water partition coefficient (Wildman–Crippen LogP) is 2.79. The Morgan fingerprint density at radius 3 is 2.80 bits per heavy atom. The van der Waals surface area contributed by atoms with Crippen molar-refractivity contribution in [1.29, 1.82) is 5.26 Å². The summed E-state index contributed by atoms with van der Waals surface area (Å²) in [7, 11) is 0. The van der Waals surface area contributed by atoms with Gasteiger partial charge in [-0.15, -0.1) is 0 Å². The highest BCUT2D eigenvalue weighted by Crippen LogP contribution is 2.16. The van der Waals surface area contributed by atoms with Crippen molar-refractivity contribution < 1.29 is 4.79 Å². The van der Waals surface area contributed by atoms with Gasteiger partial charge in [0.15, 0.2) is 0 Å². The van der Waals surface area contributed by atoms with E-state index in [1.165, 1.54) is 0 Å². The number of carbonyl (C=O) groups excluding carboxylic acids is 1. The van der Waals surface area contributed by atoms with E-state index in [-0.39, 0.29) is 17.0 Å². The van der Waals surface area contributed by atoms with Crippen LogP contribution in [0.25, 0.3) is 0 Å². The average molecular weight is 295 g/mol. The maximum Gasteiger partial charge on any atom is 0.254 e. The monoisotopic (exact) mass is 294 g/mol. The number of carbonyl (C=O) groups is 1. The number of nitrogens with zero attached hydrogens (tertiary/aromatic N) is 3. The summed E-state index contributed by atoms with van der Waals surface area (Å²) in [6.45, 7) is 7.26. The number of hydrogen-bond donors (Lipinski definition) is 1. The largest absolute Gasteiger partial charge is 0.370 e. The molecular formula is C14H19ClN4O. The summed E-state index contributed by atoms with van der Waals surface area (Å²) in [5, 5.41) is 12.2. The molecule has 1 atom stereocenters. The lowest BCUT2D eigenvalue weighted by molar-refractivity contribution is 0.0752. The second-order valence-electron chi connectivity index (χ2n) is 4.47. The second kappa shape index (κ2) is 7.71. The van der Waals surface area contributed by atoms with E-state index in [0.29, 0.717) is 31.0 Å². The first-order chi connectivity index (χ1) is 9.51. The van der Waals surface area contributed by atoms with Crippen LogP contribution in [0, 0.1) is 17.2 Å². The molecule has 0 aliphatic heterocycles. The van der Waals surface area contributed by atoms with Crippen molar-refractivity contribution in [2.75, 3.05) is 25.0 Å².